The first kappa shape index (κ1) is 13.7. The fourth-order valence-electron chi connectivity index (χ4n) is 2.93. The van der Waals surface area contributed by atoms with E-state index in [1.165, 1.54) is 0 Å². The summed E-state index contributed by atoms with van der Waals surface area (Å²) in [5.41, 5.74) is 4.81. The van der Waals surface area contributed by atoms with Gasteiger partial charge in [-0.2, -0.15) is 10.1 Å². The number of nitrogens with zero attached hydrogens (tertiary/aromatic N) is 4. The van der Waals surface area contributed by atoms with Crippen molar-refractivity contribution in [3.05, 3.63) is 72.9 Å². The number of pyridine rings is 1. The molecule has 25 heavy (non-hydrogen) atoms. The Morgan fingerprint density at radius 3 is 2.76 bits per heavy atom. The number of para-hydroxylation sites is 1. The second-order valence-electron chi connectivity index (χ2n) is 5.78. The third-order valence-corrected chi connectivity index (χ3v) is 4.13. The lowest BCUT2D eigenvalue weighted by atomic mass is 10.1. The van der Waals surface area contributed by atoms with E-state index in [2.05, 4.69) is 37.7 Å². The highest BCUT2D eigenvalue weighted by molar-refractivity contribution is 5.83. The van der Waals surface area contributed by atoms with Gasteiger partial charge in [-0.1, -0.05) is 30.3 Å². The summed E-state index contributed by atoms with van der Waals surface area (Å²) in [4.78, 5) is 4.57. The molecule has 0 bridgehead atoms. The van der Waals surface area contributed by atoms with E-state index in [1.54, 1.807) is 0 Å². The van der Waals surface area contributed by atoms with Crippen molar-refractivity contribution in [2.24, 2.45) is 0 Å². The van der Waals surface area contributed by atoms with Gasteiger partial charge in [0.15, 0.2) is 5.65 Å². The molecule has 0 aliphatic carbocycles. The van der Waals surface area contributed by atoms with Gasteiger partial charge in [-0.25, -0.2) is 4.52 Å². The van der Waals surface area contributed by atoms with E-state index in [0.29, 0.717) is 5.95 Å². The van der Waals surface area contributed by atoms with E-state index in [9.17, 15) is 0 Å². The van der Waals surface area contributed by atoms with Gasteiger partial charge in [-0.3, -0.25) is 5.10 Å². The van der Waals surface area contributed by atoms with Crippen LogP contribution in [0.25, 0.3) is 27.8 Å². The van der Waals surface area contributed by atoms with Crippen LogP contribution < -0.4 is 5.32 Å². The first-order valence-electron chi connectivity index (χ1n) is 7.98. The van der Waals surface area contributed by atoms with Crippen LogP contribution in [0.4, 0.5) is 11.6 Å². The van der Waals surface area contributed by atoms with Gasteiger partial charge >= 0.3 is 0 Å². The number of benzene rings is 2. The summed E-state index contributed by atoms with van der Waals surface area (Å²) in [6.07, 6.45) is 1.82. The molecule has 120 valence electrons. The molecule has 0 aliphatic rings. The van der Waals surface area contributed by atoms with Gasteiger partial charge < -0.3 is 5.32 Å². The minimum Gasteiger partial charge on any atom is -0.323 e. The lowest BCUT2D eigenvalue weighted by Gasteiger charge is -2.04. The summed E-state index contributed by atoms with van der Waals surface area (Å²) < 4.78 is 1.85. The van der Waals surface area contributed by atoms with E-state index in [1.807, 2.05) is 65.3 Å². The first-order chi connectivity index (χ1) is 12.4. The number of nitrogens with one attached hydrogen (secondary N) is 2. The molecule has 5 aromatic rings. The third-order valence-electron chi connectivity index (χ3n) is 4.13. The number of H-pyrrole nitrogens is 1. The number of anilines is 2. The quantitative estimate of drug-likeness (QED) is 0.525. The predicted octanol–water partition coefficient (Wildman–Crippen LogP) is 4.02. The van der Waals surface area contributed by atoms with E-state index in [4.69, 9.17) is 0 Å². The van der Waals surface area contributed by atoms with Gasteiger partial charge in [0.1, 0.15) is 0 Å². The Morgan fingerprint density at radius 2 is 1.84 bits per heavy atom. The number of hydrogen-bond acceptors (Lipinski definition) is 4. The summed E-state index contributed by atoms with van der Waals surface area (Å²) in [6, 6.07) is 22.1. The maximum absolute atomic E-state index is 4.62. The zero-order valence-electron chi connectivity index (χ0n) is 13.2. The highest BCUT2D eigenvalue weighted by atomic mass is 15.4. The average Bonchev–Trinajstić information content (AvgIpc) is 3.27. The molecule has 0 atom stereocenters. The van der Waals surface area contributed by atoms with Crippen LogP contribution in [-0.4, -0.2) is 24.8 Å². The fourth-order valence-corrected chi connectivity index (χ4v) is 2.93. The zero-order valence-corrected chi connectivity index (χ0v) is 13.2. The molecule has 0 unspecified atom stereocenters. The molecule has 3 aromatic heterocycles. The van der Waals surface area contributed by atoms with Crippen LogP contribution in [0.3, 0.4) is 0 Å². The van der Waals surface area contributed by atoms with E-state index < -0.39 is 0 Å². The van der Waals surface area contributed by atoms with E-state index in [0.717, 1.165) is 33.5 Å². The summed E-state index contributed by atoms with van der Waals surface area (Å²) in [5, 5.41) is 16.0. The van der Waals surface area contributed by atoms with Crippen LogP contribution in [0.15, 0.2) is 72.9 Å². The molecular formula is C19H14N6. The average molecular weight is 326 g/mol. The lowest BCUT2D eigenvalue weighted by Crippen LogP contribution is -1.95. The Kier molecular flexibility index (Phi) is 3.00. The monoisotopic (exact) mass is 326 g/mol. The van der Waals surface area contributed by atoms with Crippen molar-refractivity contribution in [3.8, 4) is 11.3 Å². The summed E-state index contributed by atoms with van der Waals surface area (Å²) >= 11 is 0. The standard InChI is InChI=1S/C19H14N6/c1-2-5-15(6-3-1)21-19-22-18-8-4-7-17(25(18)24-19)13-9-10-16-14(11-13)12-20-23-16/h1-12H,(H,20,23)(H,21,24). The molecule has 0 amide bonds. The maximum atomic E-state index is 4.62. The van der Waals surface area contributed by atoms with Crippen molar-refractivity contribution < 1.29 is 0 Å². The Morgan fingerprint density at radius 1 is 0.920 bits per heavy atom. The topological polar surface area (TPSA) is 70.9 Å². The van der Waals surface area contributed by atoms with Crippen LogP contribution in [0.2, 0.25) is 0 Å². The second-order valence-corrected chi connectivity index (χ2v) is 5.78. The van der Waals surface area contributed by atoms with Gasteiger partial charge in [0.2, 0.25) is 5.95 Å². The Balaban J connectivity index is 1.61. The summed E-state index contributed by atoms with van der Waals surface area (Å²) in [6.45, 7) is 0. The normalized spacial score (nSPS) is 11.2. The molecule has 0 fully saturated rings. The Hall–Kier alpha value is -3.67. The molecule has 3 heterocycles. The van der Waals surface area contributed by atoms with Crippen molar-refractivity contribution in [3.63, 3.8) is 0 Å². The van der Waals surface area contributed by atoms with Crippen LogP contribution >= 0.6 is 0 Å². The molecule has 6 nitrogen and oxygen atoms in total. The summed E-state index contributed by atoms with van der Waals surface area (Å²) in [7, 11) is 0. The number of aromatic nitrogens is 5. The van der Waals surface area contributed by atoms with Crippen LogP contribution in [0.1, 0.15) is 0 Å². The predicted molar refractivity (Wildman–Crippen MR) is 97.8 cm³/mol. The van der Waals surface area contributed by atoms with E-state index >= 15 is 0 Å². The van der Waals surface area contributed by atoms with Gasteiger partial charge in [0.25, 0.3) is 0 Å². The summed E-state index contributed by atoms with van der Waals surface area (Å²) in [5.74, 6) is 0.572. The van der Waals surface area contributed by atoms with Crippen molar-refractivity contribution in [2.45, 2.75) is 0 Å². The van der Waals surface area contributed by atoms with E-state index in [-0.39, 0.29) is 0 Å². The number of fused-ring (bicyclic) bond motifs is 2. The van der Waals surface area contributed by atoms with Crippen LogP contribution in [0.5, 0.6) is 0 Å². The largest absolute Gasteiger partial charge is 0.323 e. The molecule has 0 aliphatic heterocycles. The van der Waals surface area contributed by atoms with Crippen molar-refractivity contribution >= 4 is 28.2 Å². The Labute approximate surface area is 143 Å². The maximum Gasteiger partial charge on any atom is 0.247 e. The Bertz CT molecular complexity index is 1170. The molecule has 2 N–H and O–H groups in total. The number of rotatable bonds is 3. The van der Waals surface area contributed by atoms with Crippen molar-refractivity contribution in [1.82, 2.24) is 24.8 Å². The van der Waals surface area contributed by atoms with Gasteiger partial charge in [0, 0.05) is 16.6 Å². The van der Waals surface area contributed by atoms with Crippen molar-refractivity contribution in [1.29, 1.82) is 0 Å². The molecule has 0 saturated carbocycles. The first-order valence-corrected chi connectivity index (χ1v) is 7.98. The number of hydrogen-bond donors (Lipinski definition) is 2. The number of aromatic amines is 1. The highest BCUT2D eigenvalue weighted by Gasteiger charge is 2.10. The second kappa shape index (κ2) is 5.45. The van der Waals surface area contributed by atoms with Crippen molar-refractivity contribution in [2.75, 3.05) is 5.32 Å². The lowest BCUT2D eigenvalue weighted by molar-refractivity contribution is 0.974. The SMILES string of the molecule is c1ccc(Nc2nc3cccc(-c4ccc5[nH]ncc5c4)n3n2)cc1. The van der Waals surface area contributed by atoms with Crippen LogP contribution in [-0.2, 0) is 0 Å². The van der Waals surface area contributed by atoms with Gasteiger partial charge in [-0.05, 0) is 36.4 Å². The molecule has 0 saturated heterocycles. The molecule has 5 rings (SSSR count). The van der Waals surface area contributed by atoms with Gasteiger partial charge in [0.05, 0.1) is 17.4 Å². The highest BCUT2D eigenvalue weighted by Crippen LogP contribution is 2.25. The molecule has 0 radical (unpaired) electrons. The molecule has 2 aromatic carbocycles. The fraction of sp³-hybridized carbons (Fsp3) is 0. The van der Waals surface area contributed by atoms with Gasteiger partial charge in [-0.15, -0.1) is 5.10 Å². The van der Waals surface area contributed by atoms with Crippen LogP contribution in [0, 0.1) is 0 Å². The zero-order chi connectivity index (χ0) is 16.6. The molecule has 6 heteroatoms. The minimum absolute atomic E-state index is 0.572. The minimum atomic E-state index is 0.572. The third kappa shape index (κ3) is 2.40. The molecular weight excluding hydrogens is 312 g/mol. The smallest absolute Gasteiger partial charge is 0.247 e. The molecule has 0 spiro atoms.